The molecule has 0 saturated carbocycles. The molecule has 6 nitrogen and oxygen atoms in total. The van der Waals surface area contributed by atoms with Gasteiger partial charge in [-0.2, -0.15) is 0 Å². The van der Waals surface area contributed by atoms with Crippen LogP contribution in [0.15, 0.2) is 90.3 Å². The van der Waals surface area contributed by atoms with Crippen LogP contribution in [0.4, 0.5) is 0 Å². The second kappa shape index (κ2) is 9.28. The van der Waals surface area contributed by atoms with Gasteiger partial charge in [0.1, 0.15) is 11.4 Å². The molecule has 5 aromatic rings. The van der Waals surface area contributed by atoms with Crippen molar-refractivity contribution in [2.24, 2.45) is 0 Å². The summed E-state index contributed by atoms with van der Waals surface area (Å²) in [6.07, 6.45) is 4.99. The summed E-state index contributed by atoms with van der Waals surface area (Å²) in [4.78, 5) is 4.71. The van der Waals surface area contributed by atoms with Gasteiger partial charge in [-0.1, -0.05) is 48.2 Å². The predicted octanol–water partition coefficient (Wildman–Crippen LogP) is 5.14. The lowest BCUT2D eigenvalue weighted by molar-refractivity contribution is 0.415. The molecule has 0 spiro atoms. The maximum Gasteiger partial charge on any atom is 0.191 e. The Morgan fingerprint density at radius 1 is 0.906 bits per heavy atom. The largest absolute Gasteiger partial charge is 0.497 e. The van der Waals surface area contributed by atoms with E-state index in [1.807, 2.05) is 59.1 Å². The van der Waals surface area contributed by atoms with Crippen LogP contribution in [0.25, 0.3) is 17.0 Å². The van der Waals surface area contributed by atoms with E-state index in [9.17, 15) is 0 Å². The van der Waals surface area contributed by atoms with Gasteiger partial charge in [-0.25, -0.2) is 4.98 Å². The molecule has 32 heavy (non-hydrogen) atoms. The van der Waals surface area contributed by atoms with E-state index in [1.54, 1.807) is 18.9 Å². The van der Waals surface area contributed by atoms with Gasteiger partial charge in [0.2, 0.25) is 0 Å². The smallest absolute Gasteiger partial charge is 0.191 e. The molecule has 0 aliphatic rings. The van der Waals surface area contributed by atoms with Crippen molar-refractivity contribution in [3.63, 3.8) is 0 Å². The number of methoxy groups -OCH3 is 1. The van der Waals surface area contributed by atoms with E-state index >= 15 is 0 Å². The summed E-state index contributed by atoms with van der Waals surface area (Å²) >= 11 is 1.66. The SMILES string of the molecule is COc1ccc(-c2nnc(SCc3cn4ccccc4n3)n2CCc2ccccc2)cc1. The zero-order valence-electron chi connectivity index (χ0n) is 17.8. The van der Waals surface area contributed by atoms with Crippen molar-refractivity contribution in [2.45, 2.75) is 23.9 Å². The van der Waals surface area contributed by atoms with Crippen LogP contribution in [0.5, 0.6) is 5.75 Å². The molecular weight excluding hydrogens is 418 g/mol. The first-order valence-electron chi connectivity index (χ1n) is 10.5. The fraction of sp³-hybridized carbons (Fsp3) is 0.160. The monoisotopic (exact) mass is 441 g/mol. The third kappa shape index (κ3) is 4.38. The van der Waals surface area contributed by atoms with Gasteiger partial charge in [0, 0.05) is 30.3 Å². The molecule has 2 aromatic carbocycles. The number of ether oxygens (including phenoxy) is 1. The van der Waals surface area contributed by atoms with Crippen LogP contribution in [0.1, 0.15) is 11.3 Å². The topological polar surface area (TPSA) is 57.2 Å². The molecule has 3 aromatic heterocycles. The summed E-state index contributed by atoms with van der Waals surface area (Å²) in [5.41, 5.74) is 4.28. The molecular formula is C25H23N5OS. The average Bonchev–Trinajstić information content (AvgIpc) is 3.45. The van der Waals surface area contributed by atoms with Crippen molar-refractivity contribution in [3.05, 3.63) is 96.4 Å². The molecule has 7 heteroatoms. The van der Waals surface area contributed by atoms with E-state index in [2.05, 4.69) is 45.2 Å². The minimum atomic E-state index is 0.730. The molecule has 0 saturated heterocycles. The number of aromatic nitrogens is 5. The Balaban J connectivity index is 1.41. The summed E-state index contributed by atoms with van der Waals surface area (Å²) in [6.45, 7) is 0.797. The number of aryl methyl sites for hydroxylation is 1. The minimum absolute atomic E-state index is 0.730. The molecule has 0 aliphatic heterocycles. The van der Waals surface area contributed by atoms with Crippen molar-refractivity contribution in [1.82, 2.24) is 24.1 Å². The van der Waals surface area contributed by atoms with Crippen molar-refractivity contribution in [2.75, 3.05) is 7.11 Å². The fourth-order valence-electron chi connectivity index (χ4n) is 3.63. The Morgan fingerprint density at radius 2 is 1.72 bits per heavy atom. The molecule has 0 aliphatic carbocycles. The van der Waals surface area contributed by atoms with Gasteiger partial charge in [0.05, 0.1) is 12.8 Å². The van der Waals surface area contributed by atoms with E-state index in [4.69, 9.17) is 9.72 Å². The van der Waals surface area contributed by atoms with Gasteiger partial charge in [0.25, 0.3) is 0 Å². The van der Waals surface area contributed by atoms with Gasteiger partial charge in [-0.3, -0.25) is 0 Å². The number of rotatable bonds is 8. The number of imidazole rings is 1. The number of hydrogen-bond donors (Lipinski definition) is 0. The zero-order chi connectivity index (χ0) is 21.8. The molecule has 0 N–H and O–H groups in total. The summed E-state index contributed by atoms with van der Waals surface area (Å²) < 4.78 is 9.55. The average molecular weight is 442 g/mol. The highest BCUT2D eigenvalue weighted by Crippen LogP contribution is 2.28. The Hall–Kier alpha value is -3.58. The highest BCUT2D eigenvalue weighted by atomic mass is 32.2. The fourth-order valence-corrected chi connectivity index (χ4v) is 4.48. The van der Waals surface area contributed by atoms with Crippen LogP contribution >= 0.6 is 11.8 Å². The second-order valence-corrected chi connectivity index (χ2v) is 8.35. The van der Waals surface area contributed by atoms with E-state index < -0.39 is 0 Å². The molecule has 0 fully saturated rings. The van der Waals surface area contributed by atoms with Crippen molar-refractivity contribution < 1.29 is 4.74 Å². The predicted molar refractivity (Wildman–Crippen MR) is 127 cm³/mol. The quantitative estimate of drug-likeness (QED) is 0.312. The van der Waals surface area contributed by atoms with Crippen LogP contribution in [-0.4, -0.2) is 31.3 Å². The van der Waals surface area contributed by atoms with Gasteiger partial charge >= 0.3 is 0 Å². The summed E-state index contributed by atoms with van der Waals surface area (Å²) in [7, 11) is 1.67. The van der Waals surface area contributed by atoms with Crippen molar-refractivity contribution in [3.8, 4) is 17.1 Å². The maximum absolute atomic E-state index is 5.30. The maximum atomic E-state index is 5.30. The molecule has 0 atom stereocenters. The van der Waals surface area contributed by atoms with Crippen LogP contribution < -0.4 is 4.74 Å². The third-order valence-corrected chi connectivity index (χ3v) is 6.30. The Labute approximate surface area is 190 Å². The third-order valence-electron chi connectivity index (χ3n) is 5.30. The van der Waals surface area contributed by atoms with Gasteiger partial charge in [0.15, 0.2) is 11.0 Å². The van der Waals surface area contributed by atoms with E-state index in [-0.39, 0.29) is 0 Å². The Morgan fingerprint density at radius 3 is 2.50 bits per heavy atom. The number of hydrogen-bond acceptors (Lipinski definition) is 5. The highest BCUT2D eigenvalue weighted by Gasteiger charge is 2.15. The molecule has 0 radical (unpaired) electrons. The lowest BCUT2D eigenvalue weighted by Gasteiger charge is -2.10. The van der Waals surface area contributed by atoms with Crippen LogP contribution in [0.3, 0.4) is 0 Å². The highest BCUT2D eigenvalue weighted by molar-refractivity contribution is 7.98. The van der Waals surface area contributed by atoms with Crippen molar-refractivity contribution in [1.29, 1.82) is 0 Å². The van der Waals surface area contributed by atoms with Crippen LogP contribution in [0, 0.1) is 0 Å². The molecule has 3 heterocycles. The molecule has 5 rings (SSSR count). The molecule has 0 bridgehead atoms. The van der Waals surface area contributed by atoms with Gasteiger partial charge in [-0.05, 0) is 48.4 Å². The summed E-state index contributed by atoms with van der Waals surface area (Å²) in [5.74, 6) is 2.42. The zero-order valence-corrected chi connectivity index (χ0v) is 18.6. The van der Waals surface area contributed by atoms with Gasteiger partial charge < -0.3 is 13.7 Å². The summed E-state index contributed by atoms with van der Waals surface area (Å²) in [6, 6.07) is 24.5. The molecule has 160 valence electrons. The van der Waals surface area contributed by atoms with Crippen LogP contribution in [-0.2, 0) is 18.7 Å². The number of thioether (sulfide) groups is 1. The normalized spacial score (nSPS) is 11.2. The lowest BCUT2D eigenvalue weighted by atomic mass is 10.1. The molecule has 0 unspecified atom stereocenters. The molecule has 0 amide bonds. The van der Waals surface area contributed by atoms with E-state index in [0.717, 1.165) is 52.4 Å². The first-order chi connectivity index (χ1) is 15.8. The summed E-state index contributed by atoms with van der Waals surface area (Å²) in [5, 5.41) is 9.95. The number of benzene rings is 2. The standard InChI is InChI=1S/C25H23N5OS/c1-31-22-12-10-20(11-13-22)24-27-28-25(30(24)16-14-19-7-3-2-4-8-19)32-18-21-17-29-15-6-5-9-23(29)26-21/h2-13,15,17H,14,16,18H2,1H3. The number of nitrogens with zero attached hydrogens (tertiary/aromatic N) is 5. The second-order valence-electron chi connectivity index (χ2n) is 7.41. The number of fused-ring (bicyclic) bond motifs is 1. The number of pyridine rings is 1. The lowest BCUT2D eigenvalue weighted by Crippen LogP contribution is -2.05. The van der Waals surface area contributed by atoms with E-state index in [0.29, 0.717) is 0 Å². The van der Waals surface area contributed by atoms with Crippen molar-refractivity contribution >= 4 is 17.4 Å². The van der Waals surface area contributed by atoms with Crippen LogP contribution in [0.2, 0.25) is 0 Å². The Bertz CT molecular complexity index is 1280. The first-order valence-corrected chi connectivity index (χ1v) is 11.5. The van der Waals surface area contributed by atoms with Gasteiger partial charge in [-0.15, -0.1) is 10.2 Å². The first kappa shape index (κ1) is 20.3. The minimum Gasteiger partial charge on any atom is -0.497 e. The van der Waals surface area contributed by atoms with E-state index in [1.165, 1.54) is 5.56 Å². The Kier molecular flexibility index (Phi) is 5.89.